The van der Waals surface area contributed by atoms with Crippen molar-refractivity contribution in [3.05, 3.63) is 71.2 Å². The number of H-pyrrole nitrogens is 1. The van der Waals surface area contributed by atoms with E-state index < -0.39 is 0 Å². The van der Waals surface area contributed by atoms with Crippen molar-refractivity contribution in [3.8, 4) is 11.3 Å². The molecule has 0 aliphatic rings. The van der Waals surface area contributed by atoms with Gasteiger partial charge in [0.05, 0.1) is 0 Å². The summed E-state index contributed by atoms with van der Waals surface area (Å²) in [6.45, 7) is 0. The van der Waals surface area contributed by atoms with Crippen molar-refractivity contribution in [1.82, 2.24) is 4.98 Å². The number of benzene rings is 3. The second-order valence-electron chi connectivity index (χ2n) is 4.98. The van der Waals surface area contributed by atoms with Crippen molar-refractivity contribution in [1.29, 1.82) is 0 Å². The molecule has 0 radical (unpaired) electrons. The van der Waals surface area contributed by atoms with Crippen molar-refractivity contribution in [2.24, 2.45) is 0 Å². The minimum absolute atomic E-state index is 1.10. The van der Waals surface area contributed by atoms with E-state index in [1.807, 2.05) is 6.07 Å². The van der Waals surface area contributed by atoms with Gasteiger partial charge in [0, 0.05) is 21.1 Å². The zero-order valence-electron chi connectivity index (χ0n) is 10.7. The Morgan fingerprint density at radius 2 is 1.50 bits per heavy atom. The molecule has 2 heteroatoms. The molecular formula is C18H12BrN. The van der Waals surface area contributed by atoms with Gasteiger partial charge >= 0.3 is 0 Å². The molecule has 96 valence electrons. The summed E-state index contributed by atoms with van der Waals surface area (Å²) in [7, 11) is 0. The van der Waals surface area contributed by atoms with E-state index in [-0.39, 0.29) is 0 Å². The fourth-order valence-corrected chi connectivity index (χ4v) is 3.03. The predicted octanol–water partition coefficient (Wildman–Crippen LogP) is 5.75. The van der Waals surface area contributed by atoms with Crippen LogP contribution in [0.25, 0.3) is 32.9 Å². The van der Waals surface area contributed by atoms with Gasteiger partial charge in [0.1, 0.15) is 0 Å². The molecule has 0 fully saturated rings. The number of halogens is 1. The second kappa shape index (κ2) is 4.50. The van der Waals surface area contributed by atoms with Gasteiger partial charge < -0.3 is 4.98 Å². The first-order valence-electron chi connectivity index (χ1n) is 6.57. The van der Waals surface area contributed by atoms with Gasteiger partial charge in [0.15, 0.2) is 0 Å². The number of fused-ring (bicyclic) bond motifs is 2. The van der Waals surface area contributed by atoms with E-state index in [0.29, 0.717) is 0 Å². The first kappa shape index (κ1) is 11.7. The van der Waals surface area contributed by atoms with E-state index in [4.69, 9.17) is 0 Å². The summed E-state index contributed by atoms with van der Waals surface area (Å²) >= 11 is 3.52. The molecule has 4 rings (SSSR count). The highest BCUT2D eigenvalue weighted by molar-refractivity contribution is 9.10. The Morgan fingerprint density at radius 3 is 2.30 bits per heavy atom. The molecule has 0 aliphatic carbocycles. The van der Waals surface area contributed by atoms with Crippen LogP contribution in [0.15, 0.2) is 71.2 Å². The quantitative estimate of drug-likeness (QED) is 0.459. The lowest BCUT2D eigenvalue weighted by Gasteiger charge is -1.98. The lowest BCUT2D eigenvalue weighted by atomic mass is 10.1. The number of hydrogen-bond donors (Lipinski definition) is 1. The third-order valence-electron chi connectivity index (χ3n) is 3.62. The highest BCUT2D eigenvalue weighted by Gasteiger charge is 2.05. The molecule has 1 aromatic heterocycles. The fourth-order valence-electron chi connectivity index (χ4n) is 2.63. The molecule has 0 spiro atoms. The zero-order valence-corrected chi connectivity index (χ0v) is 12.3. The molecule has 1 N–H and O–H groups in total. The van der Waals surface area contributed by atoms with Crippen LogP contribution in [0.5, 0.6) is 0 Å². The Bertz CT molecular complexity index is 868. The van der Waals surface area contributed by atoms with Crippen molar-refractivity contribution < 1.29 is 0 Å². The van der Waals surface area contributed by atoms with Gasteiger partial charge in [0.2, 0.25) is 0 Å². The molecule has 0 atom stereocenters. The van der Waals surface area contributed by atoms with Crippen molar-refractivity contribution in [2.75, 3.05) is 0 Å². The Kier molecular flexibility index (Phi) is 2.64. The summed E-state index contributed by atoms with van der Waals surface area (Å²) in [6.07, 6.45) is 0. The summed E-state index contributed by atoms with van der Waals surface area (Å²) in [5.41, 5.74) is 3.52. The second-order valence-corrected chi connectivity index (χ2v) is 5.90. The molecule has 1 heterocycles. The molecule has 3 aromatic carbocycles. The van der Waals surface area contributed by atoms with Crippen LogP contribution in [0.4, 0.5) is 0 Å². The zero-order chi connectivity index (χ0) is 13.5. The highest BCUT2D eigenvalue weighted by atomic mass is 79.9. The lowest BCUT2D eigenvalue weighted by Crippen LogP contribution is -1.76. The highest BCUT2D eigenvalue weighted by Crippen LogP contribution is 2.29. The minimum Gasteiger partial charge on any atom is -0.355 e. The third-order valence-corrected chi connectivity index (χ3v) is 4.12. The van der Waals surface area contributed by atoms with Crippen LogP contribution in [0.3, 0.4) is 0 Å². The smallest absolute Gasteiger partial charge is 0.0465 e. The molecule has 20 heavy (non-hydrogen) atoms. The summed E-state index contributed by atoms with van der Waals surface area (Å²) in [5, 5.41) is 3.79. The molecule has 1 nitrogen and oxygen atoms in total. The normalized spacial score (nSPS) is 11.2. The van der Waals surface area contributed by atoms with Crippen LogP contribution in [0.1, 0.15) is 0 Å². The van der Waals surface area contributed by atoms with E-state index in [9.17, 15) is 0 Å². The number of nitrogens with one attached hydrogen (secondary N) is 1. The summed E-state index contributed by atoms with van der Waals surface area (Å²) in [6, 6.07) is 23.5. The van der Waals surface area contributed by atoms with Crippen LogP contribution in [0.2, 0.25) is 0 Å². The van der Waals surface area contributed by atoms with Gasteiger partial charge in [-0.05, 0) is 46.7 Å². The Balaban J connectivity index is 1.96. The first-order valence-corrected chi connectivity index (χ1v) is 7.36. The van der Waals surface area contributed by atoms with Crippen LogP contribution in [-0.4, -0.2) is 4.98 Å². The van der Waals surface area contributed by atoms with Gasteiger partial charge in [-0.1, -0.05) is 52.3 Å². The van der Waals surface area contributed by atoms with E-state index in [0.717, 1.165) is 10.2 Å². The van der Waals surface area contributed by atoms with Crippen LogP contribution >= 0.6 is 15.9 Å². The van der Waals surface area contributed by atoms with Crippen LogP contribution in [-0.2, 0) is 0 Å². The Labute approximate surface area is 125 Å². The number of hydrogen-bond acceptors (Lipinski definition) is 0. The fraction of sp³-hybridized carbons (Fsp3) is 0. The molecular weight excluding hydrogens is 310 g/mol. The number of rotatable bonds is 1. The van der Waals surface area contributed by atoms with E-state index in [2.05, 4.69) is 81.6 Å². The standard InChI is InChI=1S/C18H12BrN/c19-16-7-3-6-14(9-16)17-11-15-8-12-4-1-2-5-13(12)10-18(15)20-17/h1-11,20H. The predicted molar refractivity (Wildman–Crippen MR) is 88.9 cm³/mol. The average molecular weight is 322 g/mol. The molecule has 0 saturated heterocycles. The monoisotopic (exact) mass is 321 g/mol. The van der Waals surface area contributed by atoms with E-state index >= 15 is 0 Å². The van der Waals surface area contributed by atoms with Gasteiger partial charge in [0.25, 0.3) is 0 Å². The van der Waals surface area contributed by atoms with Crippen molar-refractivity contribution in [3.63, 3.8) is 0 Å². The molecule has 0 bridgehead atoms. The SMILES string of the molecule is Brc1cccc(-c2cc3cc4ccccc4cc3[nH]2)c1. The van der Waals surface area contributed by atoms with Gasteiger partial charge in [-0.25, -0.2) is 0 Å². The van der Waals surface area contributed by atoms with Gasteiger partial charge in [-0.2, -0.15) is 0 Å². The van der Waals surface area contributed by atoms with E-state index in [1.54, 1.807) is 0 Å². The maximum Gasteiger partial charge on any atom is 0.0465 e. The van der Waals surface area contributed by atoms with E-state index in [1.165, 1.54) is 27.2 Å². The number of aromatic nitrogens is 1. The largest absolute Gasteiger partial charge is 0.355 e. The molecule has 0 aliphatic heterocycles. The van der Waals surface area contributed by atoms with Gasteiger partial charge in [-0.3, -0.25) is 0 Å². The average Bonchev–Trinajstić information content (AvgIpc) is 2.87. The molecule has 0 saturated carbocycles. The minimum atomic E-state index is 1.10. The molecule has 4 aromatic rings. The van der Waals surface area contributed by atoms with Crippen molar-refractivity contribution in [2.45, 2.75) is 0 Å². The topological polar surface area (TPSA) is 15.8 Å². The summed E-state index contributed by atoms with van der Waals surface area (Å²) < 4.78 is 1.10. The third kappa shape index (κ3) is 1.93. The lowest BCUT2D eigenvalue weighted by molar-refractivity contribution is 1.45. The molecule has 0 amide bonds. The molecule has 0 unspecified atom stereocenters. The maximum absolute atomic E-state index is 3.52. The number of aromatic amines is 1. The van der Waals surface area contributed by atoms with Crippen LogP contribution in [0, 0.1) is 0 Å². The summed E-state index contributed by atoms with van der Waals surface area (Å²) in [4.78, 5) is 3.51. The first-order chi connectivity index (χ1) is 9.79. The van der Waals surface area contributed by atoms with Crippen molar-refractivity contribution >= 4 is 37.6 Å². The Hall–Kier alpha value is -2.06. The van der Waals surface area contributed by atoms with Gasteiger partial charge in [-0.15, -0.1) is 0 Å². The Morgan fingerprint density at radius 1 is 0.700 bits per heavy atom. The van der Waals surface area contributed by atoms with Crippen LogP contribution < -0.4 is 0 Å². The summed E-state index contributed by atoms with van der Waals surface area (Å²) in [5.74, 6) is 0. The maximum atomic E-state index is 3.52.